The molecule has 0 aliphatic heterocycles. The molecule has 0 fully saturated rings. The Morgan fingerprint density at radius 2 is 1.67 bits per heavy atom. The zero-order chi connectivity index (χ0) is 34.6. The maximum absolute atomic E-state index is 13.9. The van der Waals surface area contributed by atoms with Crippen LogP contribution in [0.25, 0.3) is 10.9 Å². The second kappa shape index (κ2) is 16.7. The summed E-state index contributed by atoms with van der Waals surface area (Å²) in [5, 5.41) is 20.9. The Morgan fingerprint density at radius 3 is 2.38 bits per heavy atom. The van der Waals surface area contributed by atoms with E-state index in [1.54, 1.807) is 37.3 Å². The molecule has 5 N–H and O–H groups in total. The van der Waals surface area contributed by atoms with Crippen LogP contribution in [0.4, 0.5) is 0 Å². The van der Waals surface area contributed by atoms with E-state index in [-0.39, 0.29) is 23.8 Å². The average Bonchev–Trinajstić information content (AvgIpc) is 3.56. The molecule has 48 heavy (non-hydrogen) atoms. The minimum Gasteiger partial charge on any atom is -0.452 e. The summed E-state index contributed by atoms with van der Waals surface area (Å²) in [5.41, 5.74) is 6.83. The number of amides is 4. The zero-order valence-electron chi connectivity index (χ0n) is 27.0. The first-order chi connectivity index (χ1) is 23.1. The van der Waals surface area contributed by atoms with E-state index in [1.165, 1.54) is 17.7 Å². The largest absolute Gasteiger partial charge is 0.452 e. The number of esters is 1. The second-order valence-corrected chi connectivity index (χ2v) is 11.2. The maximum Gasteiger partial charge on any atom is 0.303 e. The number of ether oxygens (including phenoxy) is 1. The summed E-state index contributed by atoms with van der Waals surface area (Å²) < 4.78 is 6.94. The van der Waals surface area contributed by atoms with E-state index in [9.17, 15) is 24.0 Å². The number of primary amides is 1. The van der Waals surface area contributed by atoms with Gasteiger partial charge < -0.3 is 26.4 Å². The number of carbonyl (C=O) groups excluding carboxylic acids is 5. The lowest BCUT2D eigenvalue weighted by Gasteiger charge is -2.29. The van der Waals surface area contributed by atoms with Crippen molar-refractivity contribution >= 4 is 40.5 Å². The average molecular weight is 658 g/mol. The fourth-order valence-corrected chi connectivity index (χ4v) is 5.02. The first-order valence-corrected chi connectivity index (χ1v) is 15.6. The van der Waals surface area contributed by atoms with Crippen LogP contribution in [0.1, 0.15) is 74.1 Å². The van der Waals surface area contributed by atoms with E-state index >= 15 is 0 Å². The van der Waals surface area contributed by atoms with E-state index < -0.39 is 54.3 Å². The summed E-state index contributed by atoms with van der Waals surface area (Å²) >= 11 is 0. The minimum atomic E-state index is -1.42. The number of rotatable bonds is 16. The quantitative estimate of drug-likeness (QED) is 0.101. The fourth-order valence-electron chi connectivity index (χ4n) is 5.02. The SMILES string of the molecule is CCCCNC(=O)[C@H](C)n1nnnc1[C@H](OC(C)=O)[C@H](Cc1ccccc1)NC(=O)[C@H](CC(N)=O)NC(=O)c1ccc2ccccc2n1. The molecule has 0 aliphatic rings. The Bertz CT molecular complexity index is 1750. The molecule has 4 aromatic rings. The number of nitrogens with two attached hydrogens (primary N) is 1. The summed E-state index contributed by atoms with van der Waals surface area (Å²) in [6.07, 6.45) is -0.0516. The van der Waals surface area contributed by atoms with Crippen molar-refractivity contribution < 1.29 is 28.7 Å². The van der Waals surface area contributed by atoms with Gasteiger partial charge in [-0.1, -0.05) is 67.9 Å². The van der Waals surface area contributed by atoms with Crippen molar-refractivity contribution in [1.82, 2.24) is 41.1 Å². The molecular weight excluding hydrogens is 618 g/mol. The van der Waals surface area contributed by atoms with E-state index in [4.69, 9.17) is 10.5 Å². The number of aromatic nitrogens is 5. The molecule has 2 heterocycles. The molecule has 4 atom stereocenters. The molecule has 4 rings (SSSR count). The van der Waals surface area contributed by atoms with Crippen molar-refractivity contribution in [3.63, 3.8) is 0 Å². The van der Waals surface area contributed by atoms with Crippen molar-refractivity contribution in [3.05, 3.63) is 83.8 Å². The van der Waals surface area contributed by atoms with Crippen molar-refractivity contribution in [3.8, 4) is 0 Å². The number of pyridine rings is 1. The third kappa shape index (κ3) is 9.40. The van der Waals surface area contributed by atoms with E-state index in [2.05, 4.69) is 36.5 Å². The monoisotopic (exact) mass is 657 g/mol. The standard InChI is InChI=1S/C33H39N9O6/c1-4-5-17-35-31(45)20(2)42-30(39-40-41-42)29(48-21(3)43)26(18-22-11-7-6-8-12-22)37-33(47)27(19-28(34)44)38-32(46)25-16-15-23-13-9-10-14-24(23)36-25/h6-16,20,26-27,29H,4-5,17-19H2,1-3H3,(H2,34,44)(H,35,45)(H,37,47)(H,38,46)/t20-,26-,27-,29+/m0/s1. The highest BCUT2D eigenvalue weighted by Crippen LogP contribution is 2.25. The van der Waals surface area contributed by atoms with Gasteiger partial charge in [0.25, 0.3) is 5.91 Å². The number of nitrogens with zero attached hydrogens (tertiary/aromatic N) is 5. The Balaban J connectivity index is 1.66. The van der Waals surface area contributed by atoms with Gasteiger partial charge in [-0.15, -0.1) is 5.10 Å². The lowest BCUT2D eigenvalue weighted by Crippen LogP contribution is -2.53. The number of hydrogen-bond donors (Lipinski definition) is 4. The first-order valence-electron chi connectivity index (χ1n) is 15.6. The molecule has 0 saturated heterocycles. The zero-order valence-corrected chi connectivity index (χ0v) is 27.0. The van der Waals surface area contributed by atoms with Crippen LogP contribution >= 0.6 is 0 Å². The predicted molar refractivity (Wildman–Crippen MR) is 174 cm³/mol. The lowest BCUT2D eigenvalue weighted by molar-refractivity contribution is -0.150. The lowest BCUT2D eigenvalue weighted by atomic mass is 9.99. The molecule has 0 saturated carbocycles. The van der Waals surface area contributed by atoms with Crippen LogP contribution in [-0.2, 0) is 30.3 Å². The molecule has 0 aliphatic carbocycles. The van der Waals surface area contributed by atoms with Crippen LogP contribution in [0.5, 0.6) is 0 Å². The third-order valence-electron chi connectivity index (χ3n) is 7.49. The topological polar surface area (TPSA) is 213 Å². The van der Waals surface area contributed by atoms with Crippen molar-refractivity contribution in [2.75, 3.05) is 6.54 Å². The van der Waals surface area contributed by atoms with Crippen LogP contribution in [0, 0.1) is 0 Å². The summed E-state index contributed by atoms with van der Waals surface area (Å²) in [6.45, 7) is 5.24. The normalized spacial score (nSPS) is 13.5. The number of hydrogen-bond acceptors (Lipinski definition) is 10. The molecule has 252 valence electrons. The summed E-state index contributed by atoms with van der Waals surface area (Å²) in [4.78, 5) is 69.0. The number of unbranched alkanes of at least 4 members (excludes halogenated alkanes) is 1. The summed E-state index contributed by atoms with van der Waals surface area (Å²) in [7, 11) is 0. The number of para-hydroxylation sites is 1. The van der Waals surface area contributed by atoms with Gasteiger partial charge in [0, 0.05) is 18.9 Å². The Hall–Kier alpha value is -5.73. The number of fused-ring (bicyclic) bond motifs is 1. The highest BCUT2D eigenvalue weighted by molar-refractivity contribution is 5.99. The van der Waals surface area contributed by atoms with E-state index in [1.807, 2.05) is 37.3 Å². The van der Waals surface area contributed by atoms with Gasteiger partial charge >= 0.3 is 5.97 Å². The third-order valence-corrected chi connectivity index (χ3v) is 7.49. The van der Waals surface area contributed by atoms with Crippen LogP contribution in [0.15, 0.2) is 66.7 Å². The van der Waals surface area contributed by atoms with Gasteiger partial charge in [0.2, 0.25) is 17.7 Å². The Kier molecular flexibility index (Phi) is 12.2. The van der Waals surface area contributed by atoms with Crippen molar-refractivity contribution in [2.45, 2.75) is 70.7 Å². The van der Waals surface area contributed by atoms with Crippen molar-refractivity contribution in [2.24, 2.45) is 5.73 Å². The molecule has 0 radical (unpaired) electrons. The molecule has 15 nitrogen and oxygen atoms in total. The van der Waals surface area contributed by atoms with Crippen LogP contribution < -0.4 is 21.7 Å². The highest BCUT2D eigenvalue weighted by atomic mass is 16.5. The van der Waals surface area contributed by atoms with Gasteiger partial charge in [0.05, 0.1) is 18.0 Å². The summed E-state index contributed by atoms with van der Waals surface area (Å²) in [5.74, 6) is -3.39. The van der Waals surface area contributed by atoms with Gasteiger partial charge in [-0.3, -0.25) is 24.0 Å². The van der Waals surface area contributed by atoms with Crippen LogP contribution in [0.3, 0.4) is 0 Å². The highest BCUT2D eigenvalue weighted by Gasteiger charge is 2.36. The molecule has 4 amide bonds. The minimum absolute atomic E-state index is 0.000392. The predicted octanol–water partition coefficient (Wildman–Crippen LogP) is 1.70. The number of carbonyl (C=O) groups is 5. The smallest absolute Gasteiger partial charge is 0.303 e. The first kappa shape index (κ1) is 35.1. The van der Waals surface area contributed by atoms with E-state index in [0.717, 1.165) is 23.8 Å². The van der Waals surface area contributed by atoms with Gasteiger partial charge in [-0.05, 0) is 47.9 Å². The number of tetrazole rings is 1. The second-order valence-electron chi connectivity index (χ2n) is 11.2. The molecule has 0 bridgehead atoms. The van der Waals surface area contributed by atoms with Gasteiger partial charge in [0.15, 0.2) is 11.9 Å². The molecule has 2 aromatic carbocycles. The van der Waals surface area contributed by atoms with Gasteiger partial charge in [-0.2, -0.15) is 0 Å². The molecule has 0 unspecified atom stereocenters. The molecule has 15 heteroatoms. The summed E-state index contributed by atoms with van der Waals surface area (Å²) in [6, 6.07) is 16.1. The fraction of sp³-hybridized carbons (Fsp3) is 0.364. The Labute approximate surface area is 277 Å². The molecule has 0 spiro atoms. The van der Waals surface area contributed by atoms with Crippen LogP contribution in [0.2, 0.25) is 0 Å². The van der Waals surface area contributed by atoms with Gasteiger partial charge in [-0.25, -0.2) is 9.67 Å². The molecule has 2 aromatic heterocycles. The Morgan fingerprint density at radius 1 is 0.938 bits per heavy atom. The molecular formula is C33H39N9O6. The van der Waals surface area contributed by atoms with Gasteiger partial charge in [0.1, 0.15) is 17.8 Å². The number of nitrogens with one attached hydrogen (secondary N) is 3. The van der Waals surface area contributed by atoms with E-state index in [0.29, 0.717) is 12.1 Å². The number of benzene rings is 2. The van der Waals surface area contributed by atoms with Crippen molar-refractivity contribution in [1.29, 1.82) is 0 Å². The maximum atomic E-state index is 13.9. The van der Waals surface area contributed by atoms with Crippen LogP contribution in [-0.4, -0.2) is 73.4 Å².